The molecule has 2 aromatic heterocycles. The second-order valence-electron chi connectivity index (χ2n) is 3.13. The minimum atomic E-state index is 0.648. The summed E-state index contributed by atoms with van der Waals surface area (Å²) in [5, 5.41) is 4.63. The van der Waals surface area contributed by atoms with Crippen LogP contribution in [0.1, 0.15) is 17.1 Å². The summed E-state index contributed by atoms with van der Waals surface area (Å²) < 4.78 is 5.80. The van der Waals surface area contributed by atoms with E-state index in [1.807, 2.05) is 18.4 Å². The van der Waals surface area contributed by atoms with Crippen LogP contribution in [0.25, 0.3) is 0 Å². The fraction of sp³-hybridized carbons (Fsp3) is 0.375. The molecule has 0 saturated heterocycles. The molecule has 0 unspecified atom stereocenters. The number of anilines is 1. The van der Waals surface area contributed by atoms with E-state index in [1.165, 1.54) is 11.5 Å². The first-order valence-corrected chi connectivity index (χ1v) is 5.01. The van der Waals surface area contributed by atoms with Gasteiger partial charge in [0.25, 0.3) is 0 Å². The van der Waals surface area contributed by atoms with Crippen LogP contribution in [0, 0.1) is 13.8 Å². The van der Waals surface area contributed by atoms with Gasteiger partial charge in [-0.3, -0.25) is 0 Å². The Kier molecular flexibility index (Phi) is 2.20. The Bertz CT molecular complexity index is 444. The van der Waals surface area contributed by atoms with E-state index in [-0.39, 0.29) is 0 Å². The number of hydrogen-bond acceptors (Lipinski definition) is 5. The predicted molar refractivity (Wildman–Crippen MR) is 55.1 cm³/mol. The van der Waals surface area contributed by atoms with Gasteiger partial charge < -0.3 is 10.3 Å². The number of imidazole rings is 1. The number of nitrogens with zero attached hydrogens (tertiary/aromatic N) is 4. The lowest BCUT2D eigenvalue weighted by molar-refractivity contribution is 0.745. The Hall–Kier alpha value is -1.43. The van der Waals surface area contributed by atoms with Crippen molar-refractivity contribution in [1.82, 2.24) is 19.1 Å². The molecular weight excluding hydrogens is 198 g/mol. The standard InChI is InChI=1S/C8H11N5S/c1-5-6(2)13(4-10-5)3-7-8(9)14-12-11-7/h4H,3,9H2,1-2H3. The molecule has 2 heterocycles. The highest BCUT2D eigenvalue weighted by Crippen LogP contribution is 2.15. The van der Waals surface area contributed by atoms with Gasteiger partial charge in [0, 0.05) is 17.2 Å². The van der Waals surface area contributed by atoms with Crippen LogP contribution in [-0.4, -0.2) is 19.1 Å². The number of nitrogens with two attached hydrogens (primary N) is 1. The molecule has 14 heavy (non-hydrogen) atoms. The lowest BCUT2D eigenvalue weighted by Gasteiger charge is -2.02. The maximum Gasteiger partial charge on any atom is 0.132 e. The van der Waals surface area contributed by atoms with Crippen molar-refractivity contribution in [3.8, 4) is 0 Å². The van der Waals surface area contributed by atoms with E-state index in [2.05, 4.69) is 14.6 Å². The van der Waals surface area contributed by atoms with Gasteiger partial charge in [-0.1, -0.05) is 4.49 Å². The van der Waals surface area contributed by atoms with Crippen LogP contribution in [0.5, 0.6) is 0 Å². The number of aromatic nitrogens is 4. The molecule has 74 valence electrons. The highest BCUT2D eigenvalue weighted by Gasteiger charge is 2.07. The molecular formula is C8H11N5S. The fourth-order valence-electron chi connectivity index (χ4n) is 1.19. The highest BCUT2D eigenvalue weighted by atomic mass is 32.1. The Morgan fingerprint density at radius 3 is 2.79 bits per heavy atom. The van der Waals surface area contributed by atoms with Crippen LogP contribution in [0.2, 0.25) is 0 Å². The Balaban J connectivity index is 2.27. The molecule has 0 aliphatic rings. The van der Waals surface area contributed by atoms with E-state index in [0.717, 1.165) is 17.1 Å². The first-order chi connectivity index (χ1) is 6.68. The Labute approximate surface area is 85.8 Å². The summed E-state index contributed by atoms with van der Waals surface area (Å²) in [6, 6.07) is 0. The van der Waals surface area contributed by atoms with E-state index in [9.17, 15) is 0 Å². The molecule has 2 N–H and O–H groups in total. The number of rotatable bonds is 2. The minimum absolute atomic E-state index is 0.648. The average Bonchev–Trinajstić information content (AvgIpc) is 2.68. The summed E-state index contributed by atoms with van der Waals surface area (Å²) >= 11 is 1.22. The van der Waals surface area contributed by atoms with Crippen LogP contribution < -0.4 is 5.73 Å². The third-order valence-electron chi connectivity index (χ3n) is 2.25. The Morgan fingerprint density at radius 2 is 2.29 bits per heavy atom. The van der Waals surface area contributed by atoms with E-state index in [1.54, 1.807) is 6.33 Å². The van der Waals surface area contributed by atoms with Crippen molar-refractivity contribution < 1.29 is 0 Å². The summed E-state index contributed by atoms with van der Waals surface area (Å²) in [7, 11) is 0. The largest absolute Gasteiger partial charge is 0.388 e. The smallest absolute Gasteiger partial charge is 0.132 e. The summed E-state index contributed by atoms with van der Waals surface area (Å²) in [6.07, 6.45) is 1.80. The van der Waals surface area contributed by atoms with Gasteiger partial charge >= 0.3 is 0 Å². The van der Waals surface area contributed by atoms with E-state index >= 15 is 0 Å². The van der Waals surface area contributed by atoms with Gasteiger partial charge in [0.05, 0.1) is 18.6 Å². The molecule has 0 aliphatic heterocycles. The third kappa shape index (κ3) is 1.48. The zero-order valence-corrected chi connectivity index (χ0v) is 8.88. The van der Waals surface area contributed by atoms with Crippen LogP contribution in [0.3, 0.4) is 0 Å². The molecule has 2 rings (SSSR count). The second-order valence-corrected chi connectivity index (χ2v) is 3.91. The van der Waals surface area contributed by atoms with E-state index < -0.39 is 0 Å². The van der Waals surface area contributed by atoms with Gasteiger partial charge in [0.15, 0.2) is 0 Å². The SMILES string of the molecule is Cc1ncn(Cc2nnsc2N)c1C. The van der Waals surface area contributed by atoms with Crippen LogP contribution in [0.4, 0.5) is 5.00 Å². The van der Waals surface area contributed by atoms with E-state index in [4.69, 9.17) is 5.73 Å². The summed E-state index contributed by atoms with van der Waals surface area (Å²) in [6.45, 7) is 4.65. The molecule has 6 heteroatoms. The van der Waals surface area contributed by atoms with Crippen molar-refractivity contribution in [3.63, 3.8) is 0 Å². The van der Waals surface area contributed by atoms with Crippen LogP contribution in [-0.2, 0) is 6.54 Å². The Morgan fingerprint density at radius 1 is 1.50 bits per heavy atom. The number of hydrogen-bond donors (Lipinski definition) is 1. The topological polar surface area (TPSA) is 69.6 Å². The predicted octanol–water partition coefficient (Wildman–Crippen LogP) is 0.982. The van der Waals surface area contributed by atoms with Gasteiger partial charge in [0.2, 0.25) is 0 Å². The first kappa shape index (κ1) is 9.14. The molecule has 0 amide bonds. The summed E-state index contributed by atoms with van der Waals surface area (Å²) in [5.41, 5.74) is 8.69. The van der Waals surface area contributed by atoms with Gasteiger partial charge in [-0.2, -0.15) is 0 Å². The van der Waals surface area contributed by atoms with Crippen molar-refractivity contribution in [2.45, 2.75) is 20.4 Å². The summed E-state index contributed by atoms with van der Waals surface area (Å²) in [4.78, 5) is 4.20. The average molecular weight is 209 g/mol. The zero-order valence-electron chi connectivity index (χ0n) is 8.06. The molecule has 0 spiro atoms. The van der Waals surface area contributed by atoms with Gasteiger partial charge in [-0.05, 0) is 13.8 Å². The monoisotopic (exact) mass is 209 g/mol. The molecule has 0 fully saturated rings. The molecule has 0 aromatic carbocycles. The van der Waals surface area contributed by atoms with E-state index in [0.29, 0.717) is 11.5 Å². The second kappa shape index (κ2) is 3.38. The lowest BCUT2D eigenvalue weighted by Crippen LogP contribution is -2.03. The summed E-state index contributed by atoms with van der Waals surface area (Å²) in [5.74, 6) is 0. The van der Waals surface area contributed by atoms with Crippen LogP contribution >= 0.6 is 11.5 Å². The van der Waals surface area contributed by atoms with Gasteiger partial charge in [-0.15, -0.1) is 5.10 Å². The molecule has 0 aliphatic carbocycles. The van der Waals surface area contributed by atoms with Crippen molar-refractivity contribution in [1.29, 1.82) is 0 Å². The normalized spacial score (nSPS) is 10.7. The van der Waals surface area contributed by atoms with Crippen molar-refractivity contribution in [3.05, 3.63) is 23.4 Å². The number of nitrogen functional groups attached to an aromatic ring is 1. The lowest BCUT2D eigenvalue weighted by atomic mass is 10.3. The molecule has 0 radical (unpaired) electrons. The molecule has 0 atom stereocenters. The molecule has 2 aromatic rings. The minimum Gasteiger partial charge on any atom is -0.388 e. The third-order valence-corrected chi connectivity index (χ3v) is 2.85. The maximum atomic E-state index is 5.71. The number of aryl methyl sites for hydroxylation is 1. The van der Waals surface area contributed by atoms with Crippen LogP contribution in [0.15, 0.2) is 6.33 Å². The quantitative estimate of drug-likeness (QED) is 0.800. The fourth-order valence-corrected chi connectivity index (χ4v) is 1.63. The van der Waals surface area contributed by atoms with Crippen molar-refractivity contribution in [2.24, 2.45) is 0 Å². The molecule has 0 saturated carbocycles. The van der Waals surface area contributed by atoms with Crippen molar-refractivity contribution >= 4 is 16.5 Å². The molecule has 0 bridgehead atoms. The van der Waals surface area contributed by atoms with Gasteiger partial charge in [-0.25, -0.2) is 4.98 Å². The molecule has 5 nitrogen and oxygen atoms in total. The first-order valence-electron chi connectivity index (χ1n) is 4.23. The highest BCUT2D eigenvalue weighted by molar-refractivity contribution is 7.09. The maximum absolute atomic E-state index is 5.71. The van der Waals surface area contributed by atoms with Crippen molar-refractivity contribution in [2.75, 3.05) is 5.73 Å². The zero-order chi connectivity index (χ0) is 10.1. The van der Waals surface area contributed by atoms with Gasteiger partial charge in [0.1, 0.15) is 10.7 Å².